The Balaban J connectivity index is 2.46. The SMILES string of the molecule is CC(C)N1CCC[Si](C)(C)C1. The molecule has 0 amide bonds. The second kappa shape index (κ2) is 3.28. The maximum Gasteiger partial charge on any atom is 0.0630 e. The van der Waals surface area contributed by atoms with Crippen molar-refractivity contribution in [3.05, 3.63) is 0 Å². The van der Waals surface area contributed by atoms with E-state index in [0.717, 1.165) is 6.04 Å². The van der Waals surface area contributed by atoms with Gasteiger partial charge in [0.25, 0.3) is 0 Å². The third-order valence-corrected chi connectivity index (χ3v) is 5.63. The van der Waals surface area contributed by atoms with Crippen LogP contribution in [0.5, 0.6) is 0 Å². The van der Waals surface area contributed by atoms with Crippen molar-refractivity contribution in [2.24, 2.45) is 0 Å². The number of hydrogen-bond acceptors (Lipinski definition) is 1. The van der Waals surface area contributed by atoms with Gasteiger partial charge in [0.15, 0.2) is 0 Å². The third-order valence-electron chi connectivity index (χ3n) is 2.66. The van der Waals surface area contributed by atoms with E-state index in [1.807, 2.05) is 0 Å². The molecule has 1 fully saturated rings. The second-order valence-corrected chi connectivity index (χ2v) is 9.98. The fraction of sp³-hybridized carbons (Fsp3) is 1.00. The first kappa shape index (κ1) is 9.27. The molecule has 11 heavy (non-hydrogen) atoms. The van der Waals surface area contributed by atoms with E-state index in [-0.39, 0.29) is 0 Å². The minimum atomic E-state index is -0.790. The minimum Gasteiger partial charge on any atom is -0.304 e. The maximum atomic E-state index is 2.65. The highest BCUT2D eigenvalue weighted by atomic mass is 28.3. The van der Waals surface area contributed by atoms with Crippen molar-refractivity contribution in [2.45, 2.75) is 45.4 Å². The molecule has 0 spiro atoms. The summed E-state index contributed by atoms with van der Waals surface area (Å²) in [4.78, 5) is 2.65. The molecule has 66 valence electrons. The van der Waals surface area contributed by atoms with Crippen molar-refractivity contribution in [3.8, 4) is 0 Å². The fourth-order valence-corrected chi connectivity index (χ4v) is 4.81. The Bertz CT molecular complexity index is 132. The summed E-state index contributed by atoms with van der Waals surface area (Å²) in [5.41, 5.74) is 0. The van der Waals surface area contributed by atoms with E-state index in [1.54, 1.807) is 0 Å². The summed E-state index contributed by atoms with van der Waals surface area (Å²) >= 11 is 0. The molecular weight excluding hydrogens is 150 g/mol. The Labute approximate surface area is 71.8 Å². The van der Waals surface area contributed by atoms with Crippen LogP contribution in [-0.4, -0.2) is 31.7 Å². The summed E-state index contributed by atoms with van der Waals surface area (Å²) in [5, 5.41) is 0. The van der Waals surface area contributed by atoms with Gasteiger partial charge in [-0.3, -0.25) is 0 Å². The molecule has 1 aliphatic heterocycles. The molecule has 0 aliphatic carbocycles. The fourth-order valence-electron chi connectivity index (χ4n) is 1.91. The van der Waals surface area contributed by atoms with Crippen molar-refractivity contribution in [1.29, 1.82) is 0 Å². The highest BCUT2D eigenvalue weighted by Crippen LogP contribution is 2.21. The minimum absolute atomic E-state index is 0.766. The topological polar surface area (TPSA) is 3.24 Å². The normalized spacial score (nSPS) is 25.9. The van der Waals surface area contributed by atoms with E-state index >= 15 is 0 Å². The predicted molar refractivity (Wildman–Crippen MR) is 53.6 cm³/mol. The van der Waals surface area contributed by atoms with Gasteiger partial charge < -0.3 is 4.90 Å². The van der Waals surface area contributed by atoms with Crippen LogP contribution in [-0.2, 0) is 0 Å². The lowest BCUT2D eigenvalue weighted by Gasteiger charge is -2.39. The lowest BCUT2D eigenvalue weighted by atomic mass is 10.3. The average molecular weight is 171 g/mol. The van der Waals surface area contributed by atoms with Gasteiger partial charge in [-0.2, -0.15) is 0 Å². The van der Waals surface area contributed by atoms with Gasteiger partial charge in [0.2, 0.25) is 0 Å². The van der Waals surface area contributed by atoms with Crippen LogP contribution in [0.3, 0.4) is 0 Å². The summed E-state index contributed by atoms with van der Waals surface area (Å²) in [6, 6.07) is 2.30. The molecule has 0 aromatic carbocycles. The molecule has 0 saturated carbocycles. The summed E-state index contributed by atoms with van der Waals surface area (Å²) < 4.78 is 0. The van der Waals surface area contributed by atoms with Crippen LogP contribution in [0.4, 0.5) is 0 Å². The zero-order valence-corrected chi connectivity index (χ0v) is 9.35. The summed E-state index contributed by atoms with van der Waals surface area (Å²) in [6.45, 7) is 11.0. The van der Waals surface area contributed by atoms with E-state index in [4.69, 9.17) is 0 Å². The first-order valence-corrected chi connectivity index (χ1v) is 8.17. The summed E-state index contributed by atoms with van der Waals surface area (Å²) in [5.74, 6) is 0. The Kier molecular flexibility index (Phi) is 2.76. The molecule has 0 unspecified atom stereocenters. The first-order chi connectivity index (χ1) is 5.01. The van der Waals surface area contributed by atoms with Crippen molar-refractivity contribution in [2.75, 3.05) is 12.7 Å². The molecule has 2 heteroatoms. The zero-order chi connectivity index (χ0) is 8.48. The predicted octanol–water partition coefficient (Wildman–Crippen LogP) is 2.35. The van der Waals surface area contributed by atoms with Gasteiger partial charge in [-0.15, -0.1) is 0 Å². The highest BCUT2D eigenvalue weighted by molar-refractivity contribution is 6.77. The van der Waals surface area contributed by atoms with Crippen LogP contribution >= 0.6 is 0 Å². The van der Waals surface area contributed by atoms with Gasteiger partial charge in [-0.05, 0) is 33.0 Å². The molecule has 0 radical (unpaired) electrons. The first-order valence-electron chi connectivity index (χ1n) is 4.75. The second-order valence-electron chi connectivity index (χ2n) is 4.83. The van der Waals surface area contributed by atoms with Crippen molar-refractivity contribution in [3.63, 3.8) is 0 Å². The highest BCUT2D eigenvalue weighted by Gasteiger charge is 2.28. The van der Waals surface area contributed by atoms with Gasteiger partial charge >= 0.3 is 0 Å². The van der Waals surface area contributed by atoms with Crippen LogP contribution in [0.2, 0.25) is 19.1 Å². The van der Waals surface area contributed by atoms with Gasteiger partial charge in [-0.1, -0.05) is 19.1 Å². The van der Waals surface area contributed by atoms with Crippen LogP contribution in [0, 0.1) is 0 Å². The molecule has 0 bridgehead atoms. The molecule has 1 saturated heterocycles. The molecule has 1 heterocycles. The Hall–Kier alpha value is 0.177. The standard InChI is InChI=1S/C9H21NSi/c1-9(2)10-6-5-7-11(3,4)8-10/h9H,5-8H2,1-4H3. The summed E-state index contributed by atoms with van der Waals surface area (Å²) in [7, 11) is -0.790. The molecular formula is C9H21NSi. The van der Waals surface area contributed by atoms with E-state index in [2.05, 4.69) is 31.8 Å². The lowest BCUT2D eigenvalue weighted by molar-refractivity contribution is 0.243. The molecule has 1 aliphatic rings. The van der Waals surface area contributed by atoms with Crippen LogP contribution in [0.25, 0.3) is 0 Å². The Morgan fingerprint density at radius 3 is 2.27 bits per heavy atom. The van der Waals surface area contributed by atoms with Crippen molar-refractivity contribution >= 4 is 8.07 Å². The number of hydrogen-bond donors (Lipinski definition) is 0. The van der Waals surface area contributed by atoms with Gasteiger partial charge in [-0.25, -0.2) is 0 Å². The molecule has 1 nitrogen and oxygen atoms in total. The van der Waals surface area contributed by atoms with Gasteiger partial charge in [0, 0.05) is 6.04 Å². The van der Waals surface area contributed by atoms with Crippen LogP contribution in [0.15, 0.2) is 0 Å². The Morgan fingerprint density at radius 1 is 1.27 bits per heavy atom. The van der Waals surface area contributed by atoms with Crippen LogP contribution in [0.1, 0.15) is 20.3 Å². The van der Waals surface area contributed by atoms with Gasteiger partial charge in [0.1, 0.15) is 0 Å². The molecule has 0 aromatic heterocycles. The maximum absolute atomic E-state index is 2.65. The summed E-state index contributed by atoms with van der Waals surface area (Å²) in [6.07, 6.45) is 2.86. The quantitative estimate of drug-likeness (QED) is 0.547. The Morgan fingerprint density at radius 2 is 1.91 bits per heavy atom. The van der Waals surface area contributed by atoms with E-state index in [0.29, 0.717) is 0 Å². The average Bonchev–Trinajstić information content (AvgIpc) is 1.85. The third kappa shape index (κ3) is 2.60. The van der Waals surface area contributed by atoms with Gasteiger partial charge in [0.05, 0.1) is 8.07 Å². The molecule has 0 N–H and O–H groups in total. The molecule has 0 atom stereocenters. The number of rotatable bonds is 1. The smallest absolute Gasteiger partial charge is 0.0630 e. The van der Waals surface area contributed by atoms with E-state index in [1.165, 1.54) is 25.2 Å². The van der Waals surface area contributed by atoms with E-state index in [9.17, 15) is 0 Å². The molecule has 0 aromatic rings. The van der Waals surface area contributed by atoms with Crippen molar-refractivity contribution in [1.82, 2.24) is 4.90 Å². The van der Waals surface area contributed by atoms with Crippen LogP contribution < -0.4 is 0 Å². The lowest BCUT2D eigenvalue weighted by Crippen LogP contribution is -2.50. The monoisotopic (exact) mass is 171 g/mol. The van der Waals surface area contributed by atoms with E-state index < -0.39 is 8.07 Å². The largest absolute Gasteiger partial charge is 0.304 e. The number of nitrogens with zero attached hydrogens (tertiary/aromatic N) is 1. The molecule has 1 rings (SSSR count). The van der Waals surface area contributed by atoms with Crippen molar-refractivity contribution < 1.29 is 0 Å². The zero-order valence-electron chi connectivity index (χ0n) is 8.35.